The average Bonchev–Trinajstić information content (AvgIpc) is 2.66. The van der Waals surface area contributed by atoms with E-state index in [9.17, 15) is 14.8 Å². The van der Waals surface area contributed by atoms with E-state index in [2.05, 4.69) is 12.1 Å². The molecular formula is C22H18N2O3S. The van der Waals surface area contributed by atoms with Crippen molar-refractivity contribution >= 4 is 53.1 Å². The molecule has 0 aliphatic rings. The van der Waals surface area contributed by atoms with Crippen LogP contribution in [0.5, 0.6) is 0 Å². The lowest BCUT2D eigenvalue weighted by Crippen LogP contribution is -2.41. The van der Waals surface area contributed by atoms with Crippen LogP contribution < -0.4 is 11.1 Å². The zero-order chi connectivity index (χ0) is 19.6. The summed E-state index contributed by atoms with van der Waals surface area (Å²) >= 11 is 1.66. The maximum Gasteiger partial charge on any atom is 0.261 e. The molecule has 0 aliphatic heterocycles. The van der Waals surface area contributed by atoms with Gasteiger partial charge in [0.2, 0.25) is 0 Å². The van der Waals surface area contributed by atoms with E-state index in [1.54, 1.807) is 11.3 Å². The van der Waals surface area contributed by atoms with Gasteiger partial charge in [0.25, 0.3) is 11.1 Å². The molecule has 0 unspecified atom stereocenters. The standard InChI is InChI=1S/C22H18N2O3S/c1-24(2,27)12-11-23-21(25)15-8-7-14-13-5-3-4-6-17(13)28-18-10-9-16(22(23)26)19(15)20(14)18/h3-10H,11-12H2,1-2H3. The molecule has 2 aromatic heterocycles. The average molecular weight is 390 g/mol. The fraction of sp³-hybridized carbons (Fsp3) is 0.182. The van der Waals surface area contributed by atoms with Crippen molar-refractivity contribution < 1.29 is 4.65 Å². The molecule has 0 spiro atoms. The van der Waals surface area contributed by atoms with Crippen molar-refractivity contribution in [3.8, 4) is 0 Å². The Bertz CT molecular complexity index is 1460. The van der Waals surface area contributed by atoms with Gasteiger partial charge in [-0.25, -0.2) is 0 Å². The normalized spacial score (nSPS) is 12.7. The van der Waals surface area contributed by atoms with Crippen LogP contribution in [0, 0.1) is 5.21 Å². The second-order valence-corrected chi connectivity index (χ2v) is 8.76. The number of nitrogens with zero attached hydrogens (tertiary/aromatic N) is 2. The third-order valence-corrected chi connectivity index (χ3v) is 6.47. The minimum absolute atomic E-state index is 0.107. The first kappa shape index (κ1) is 17.3. The van der Waals surface area contributed by atoms with Gasteiger partial charge in [-0.1, -0.05) is 24.3 Å². The van der Waals surface area contributed by atoms with Crippen molar-refractivity contribution in [3.05, 3.63) is 74.4 Å². The van der Waals surface area contributed by atoms with Crippen LogP contribution in [-0.4, -0.2) is 29.9 Å². The Kier molecular flexibility index (Phi) is 3.61. The van der Waals surface area contributed by atoms with E-state index < -0.39 is 4.65 Å². The van der Waals surface area contributed by atoms with Crippen LogP contribution in [0.4, 0.5) is 0 Å². The summed E-state index contributed by atoms with van der Waals surface area (Å²) in [6, 6.07) is 15.7. The summed E-state index contributed by atoms with van der Waals surface area (Å²) in [7, 11) is 3.01. The second-order valence-electron chi connectivity index (χ2n) is 7.68. The van der Waals surface area contributed by atoms with Crippen LogP contribution in [0.25, 0.3) is 41.7 Å². The number of rotatable bonds is 3. The monoisotopic (exact) mass is 390 g/mol. The van der Waals surface area contributed by atoms with E-state index in [1.165, 1.54) is 23.4 Å². The van der Waals surface area contributed by atoms with E-state index in [-0.39, 0.29) is 24.2 Å². The van der Waals surface area contributed by atoms with Gasteiger partial charge in [0.1, 0.15) is 0 Å². The predicted molar refractivity (Wildman–Crippen MR) is 116 cm³/mol. The summed E-state index contributed by atoms with van der Waals surface area (Å²) < 4.78 is 2.88. The van der Waals surface area contributed by atoms with Gasteiger partial charge in [0.05, 0.1) is 27.2 Å². The smallest absolute Gasteiger partial charge is 0.261 e. The number of hydrogen-bond acceptors (Lipinski definition) is 4. The lowest BCUT2D eigenvalue weighted by molar-refractivity contribution is -0.840. The van der Waals surface area contributed by atoms with Crippen molar-refractivity contribution in [1.82, 2.24) is 4.57 Å². The maximum atomic E-state index is 13.1. The molecular weight excluding hydrogens is 372 g/mol. The molecule has 0 radical (unpaired) electrons. The number of benzene rings is 3. The fourth-order valence-electron chi connectivity index (χ4n) is 3.95. The SMILES string of the molecule is C[N+](C)([O-])CCn1c(=O)c2ccc3sc4ccccc4c4ccc(c1=O)c2c34. The molecule has 0 fully saturated rings. The topological polar surface area (TPSA) is 62.1 Å². The van der Waals surface area contributed by atoms with Gasteiger partial charge in [-0.3, -0.25) is 14.2 Å². The zero-order valence-electron chi connectivity index (χ0n) is 15.6. The Labute approximate surface area is 164 Å². The lowest BCUT2D eigenvalue weighted by Gasteiger charge is -2.33. The van der Waals surface area contributed by atoms with Crippen molar-refractivity contribution in [2.75, 3.05) is 20.6 Å². The molecule has 28 heavy (non-hydrogen) atoms. The van der Waals surface area contributed by atoms with Crippen LogP contribution in [0.3, 0.4) is 0 Å². The molecule has 0 N–H and O–H groups in total. The van der Waals surface area contributed by atoms with Crippen LogP contribution in [0.1, 0.15) is 0 Å². The molecule has 0 saturated carbocycles. The number of fused-ring (bicyclic) bond motifs is 2. The Balaban J connectivity index is 1.93. The molecule has 5 nitrogen and oxygen atoms in total. The Morgan fingerprint density at radius 3 is 2.18 bits per heavy atom. The first-order valence-electron chi connectivity index (χ1n) is 9.12. The Morgan fingerprint density at radius 2 is 1.46 bits per heavy atom. The zero-order valence-corrected chi connectivity index (χ0v) is 16.4. The lowest BCUT2D eigenvalue weighted by atomic mass is 9.98. The van der Waals surface area contributed by atoms with E-state index >= 15 is 0 Å². The van der Waals surface area contributed by atoms with Gasteiger partial charge in [0, 0.05) is 30.9 Å². The Hall–Kier alpha value is -2.80. The first-order valence-corrected chi connectivity index (χ1v) is 9.94. The third kappa shape index (κ3) is 2.46. The summed E-state index contributed by atoms with van der Waals surface area (Å²) in [5.74, 6) is 0. The van der Waals surface area contributed by atoms with Crippen LogP contribution in [0.15, 0.2) is 58.1 Å². The van der Waals surface area contributed by atoms with Crippen LogP contribution >= 0.6 is 11.3 Å². The molecule has 6 heteroatoms. The van der Waals surface area contributed by atoms with Crippen molar-refractivity contribution in [3.63, 3.8) is 0 Å². The molecule has 0 bridgehead atoms. The molecule has 5 aromatic rings. The molecule has 0 saturated heterocycles. The van der Waals surface area contributed by atoms with Crippen molar-refractivity contribution in [2.45, 2.75) is 6.54 Å². The number of hydroxylamine groups is 3. The number of hydrogen-bond donors (Lipinski definition) is 0. The summed E-state index contributed by atoms with van der Waals surface area (Å²) in [5.41, 5.74) is -0.642. The Morgan fingerprint density at radius 1 is 0.821 bits per heavy atom. The summed E-state index contributed by atoms with van der Waals surface area (Å²) in [5, 5.41) is 16.9. The van der Waals surface area contributed by atoms with Crippen molar-refractivity contribution in [2.24, 2.45) is 0 Å². The number of aromatic nitrogens is 1. The van der Waals surface area contributed by atoms with E-state index in [1.807, 2.05) is 36.4 Å². The molecule has 0 atom stereocenters. The summed E-state index contributed by atoms with van der Waals surface area (Å²) in [4.78, 5) is 26.2. The van der Waals surface area contributed by atoms with E-state index in [0.717, 1.165) is 26.2 Å². The van der Waals surface area contributed by atoms with E-state index in [0.29, 0.717) is 10.8 Å². The predicted octanol–water partition coefficient (Wildman–Crippen LogP) is 3.89. The van der Waals surface area contributed by atoms with Gasteiger partial charge < -0.3 is 9.85 Å². The van der Waals surface area contributed by atoms with Crippen molar-refractivity contribution in [1.29, 1.82) is 0 Å². The highest BCUT2D eigenvalue weighted by atomic mass is 32.1. The molecule has 5 rings (SSSR count). The number of quaternary nitrogens is 1. The maximum absolute atomic E-state index is 13.1. The molecule has 140 valence electrons. The summed E-state index contributed by atoms with van der Waals surface area (Å²) in [6.07, 6.45) is 0. The highest BCUT2D eigenvalue weighted by molar-refractivity contribution is 7.25. The number of likely N-dealkylation sites (N-methyl/N-ethyl adjacent to an activating group) is 1. The molecule has 0 amide bonds. The fourth-order valence-corrected chi connectivity index (χ4v) is 5.08. The first-order chi connectivity index (χ1) is 13.3. The highest BCUT2D eigenvalue weighted by Gasteiger charge is 2.18. The van der Waals surface area contributed by atoms with Gasteiger partial charge in [0.15, 0.2) is 0 Å². The molecule has 3 aromatic carbocycles. The second kappa shape index (κ2) is 5.85. The minimum atomic E-state index is -0.551. The largest absolute Gasteiger partial charge is 0.633 e. The van der Waals surface area contributed by atoms with E-state index in [4.69, 9.17) is 0 Å². The molecule has 0 aliphatic carbocycles. The van der Waals surface area contributed by atoms with Gasteiger partial charge in [-0.05, 0) is 35.0 Å². The summed E-state index contributed by atoms with van der Waals surface area (Å²) in [6.45, 7) is 0.269. The molecule has 2 heterocycles. The van der Waals surface area contributed by atoms with Crippen LogP contribution in [0.2, 0.25) is 0 Å². The van der Waals surface area contributed by atoms with Gasteiger partial charge >= 0.3 is 0 Å². The van der Waals surface area contributed by atoms with Crippen LogP contribution in [-0.2, 0) is 6.54 Å². The highest BCUT2D eigenvalue weighted by Crippen LogP contribution is 2.39. The quantitative estimate of drug-likeness (QED) is 0.203. The van der Waals surface area contributed by atoms with Gasteiger partial charge in [-0.15, -0.1) is 11.3 Å². The minimum Gasteiger partial charge on any atom is -0.633 e. The van der Waals surface area contributed by atoms with Gasteiger partial charge in [-0.2, -0.15) is 0 Å². The number of pyridine rings is 1. The third-order valence-electron chi connectivity index (χ3n) is 5.33.